The summed E-state index contributed by atoms with van der Waals surface area (Å²) in [5, 5.41) is 12.0. The second kappa shape index (κ2) is 10.5. The van der Waals surface area contributed by atoms with Gasteiger partial charge >= 0.3 is 0 Å². The van der Waals surface area contributed by atoms with Crippen LogP contribution in [0.15, 0.2) is 64.6 Å². The van der Waals surface area contributed by atoms with E-state index in [9.17, 15) is 13.2 Å². The van der Waals surface area contributed by atoms with Crippen LogP contribution in [0, 0.1) is 0 Å². The van der Waals surface area contributed by atoms with Crippen LogP contribution in [0.1, 0.15) is 26.2 Å². The molecular weight excluding hydrogens is 458 g/mol. The van der Waals surface area contributed by atoms with Crippen LogP contribution in [0.25, 0.3) is 11.4 Å². The monoisotopic (exact) mass is 485 g/mol. The van der Waals surface area contributed by atoms with Crippen LogP contribution in [-0.4, -0.2) is 52.2 Å². The molecule has 1 amide bonds. The van der Waals surface area contributed by atoms with E-state index in [2.05, 4.69) is 15.5 Å². The zero-order valence-corrected chi connectivity index (χ0v) is 20.1. The minimum Gasteiger partial charge on any atom is -0.325 e. The lowest BCUT2D eigenvalue weighted by Crippen LogP contribution is -2.35. The van der Waals surface area contributed by atoms with E-state index in [1.165, 1.54) is 22.1 Å². The number of hydrogen-bond acceptors (Lipinski definition) is 6. The van der Waals surface area contributed by atoms with Crippen LogP contribution < -0.4 is 5.32 Å². The molecule has 1 aliphatic heterocycles. The molecule has 8 nitrogen and oxygen atoms in total. The Morgan fingerprint density at radius 3 is 2.52 bits per heavy atom. The number of carbonyl (C=O) groups is 1. The summed E-state index contributed by atoms with van der Waals surface area (Å²) in [6.45, 7) is 3.77. The summed E-state index contributed by atoms with van der Waals surface area (Å²) in [6.07, 6.45) is 2.81. The molecule has 0 aliphatic carbocycles. The number of carbonyl (C=O) groups excluding carboxylic acids is 1. The number of thioether (sulfide) groups is 1. The molecule has 2 heterocycles. The zero-order chi connectivity index (χ0) is 23.3. The summed E-state index contributed by atoms with van der Waals surface area (Å²) in [6, 6.07) is 16.2. The van der Waals surface area contributed by atoms with Gasteiger partial charge in [0.15, 0.2) is 11.0 Å². The molecule has 0 atom stereocenters. The molecule has 0 spiro atoms. The maximum Gasteiger partial charge on any atom is 0.243 e. The van der Waals surface area contributed by atoms with Crippen molar-refractivity contribution >= 4 is 33.4 Å². The SMILES string of the molecule is CCn1c(SCC(=O)Nc2cccc(S(=O)(=O)N3CCCCC3)c2)nnc1-c1ccccc1. The van der Waals surface area contributed by atoms with Gasteiger partial charge in [-0.2, -0.15) is 4.31 Å². The van der Waals surface area contributed by atoms with Gasteiger partial charge in [-0.25, -0.2) is 8.42 Å². The first-order valence-electron chi connectivity index (χ1n) is 11.0. The van der Waals surface area contributed by atoms with Crippen molar-refractivity contribution < 1.29 is 13.2 Å². The fourth-order valence-corrected chi connectivity index (χ4v) is 6.16. The van der Waals surface area contributed by atoms with Crippen molar-refractivity contribution in [2.45, 2.75) is 42.8 Å². The number of benzene rings is 2. The van der Waals surface area contributed by atoms with Crippen LogP contribution in [0.5, 0.6) is 0 Å². The summed E-state index contributed by atoms with van der Waals surface area (Å²) in [5.41, 5.74) is 1.43. The molecule has 10 heteroatoms. The molecule has 0 radical (unpaired) electrons. The third-order valence-corrected chi connectivity index (χ3v) is 8.33. The Hall–Kier alpha value is -2.69. The number of nitrogens with one attached hydrogen (secondary N) is 1. The van der Waals surface area contributed by atoms with Gasteiger partial charge in [0, 0.05) is 30.9 Å². The van der Waals surface area contributed by atoms with Gasteiger partial charge in [0.2, 0.25) is 15.9 Å². The third kappa shape index (κ3) is 5.45. The molecule has 33 heavy (non-hydrogen) atoms. The molecule has 1 fully saturated rings. The summed E-state index contributed by atoms with van der Waals surface area (Å²) < 4.78 is 29.3. The Kier molecular flexibility index (Phi) is 7.46. The first-order valence-corrected chi connectivity index (χ1v) is 13.4. The Balaban J connectivity index is 1.41. The highest BCUT2D eigenvalue weighted by atomic mass is 32.2. The molecule has 174 valence electrons. The highest BCUT2D eigenvalue weighted by Crippen LogP contribution is 2.25. The molecule has 2 aromatic carbocycles. The van der Waals surface area contributed by atoms with Gasteiger partial charge in [0.25, 0.3) is 0 Å². The standard InChI is InChI=1S/C23H27N5O3S2/c1-2-28-22(18-10-5-3-6-11-18)25-26-23(28)32-17-21(29)24-19-12-9-13-20(16-19)33(30,31)27-14-7-4-8-15-27/h3,5-6,9-13,16H,2,4,7-8,14-15,17H2,1H3,(H,24,29). The number of sulfonamides is 1. The summed E-state index contributed by atoms with van der Waals surface area (Å²) in [7, 11) is -3.55. The number of amides is 1. The molecule has 1 aliphatic rings. The first-order chi connectivity index (χ1) is 16.0. The summed E-state index contributed by atoms with van der Waals surface area (Å²) in [4.78, 5) is 12.8. The lowest BCUT2D eigenvalue weighted by Gasteiger charge is -2.26. The van der Waals surface area contributed by atoms with Crippen LogP contribution in [0.2, 0.25) is 0 Å². The van der Waals surface area contributed by atoms with Crippen molar-refractivity contribution in [3.8, 4) is 11.4 Å². The fraction of sp³-hybridized carbons (Fsp3) is 0.348. The third-order valence-electron chi connectivity index (χ3n) is 5.47. The molecule has 3 aromatic rings. The Bertz CT molecular complexity index is 1210. The number of hydrogen-bond donors (Lipinski definition) is 1. The normalized spacial score (nSPS) is 14.8. The van der Waals surface area contributed by atoms with Gasteiger partial charge < -0.3 is 9.88 Å². The molecule has 1 saturated heterocycles. The van der Waals surface area contributed by atoms with Gasteiger partial charge in [-0.15, -0.1) is 10.2 Å². The van der Waals surface area contributed by atoms with Crippen molar-refractivity contribution in [1.29, 1.82) is 0 Å². The van der Waals surface area contributed by atoms with Crippen LogP contribution in [0.3, 0.4) is 0 Å². The van der Waals surface area contributed by atoms with Crippen molar-refractivity contribution in [3.63, 3.8) is 0 Å². The topological polar surface area (TPSA) is 97.2 Å². The second-order valence-electron chi connectivity index (χ2n) is 7.75. The van der Waals surface area contributed by atoms with Gasteiger partial charge in [0.05, 0.1) is 10.6 Å². The first kappa shape index (κ1) is 23.5. The van der Waals surface area contributed by atoms with E-state index in [1.807, 2.05) is 41.8 Å². The van der Waals surface area contributed by atoms with Gasteiger partial charge in [-0.1, -0.05) is 54.6 Å². The molecular formula is C23H27N5O3S2. The van der Waals surface area contributed by atoms with E-state index < -0.39 is 10.0 Å². The van der Waals surface area contributed by atoms with Gasteiger partial charge in [-0.3, -0.25) is 4.79 Å². The molecule has 0 bridgehead atoms. The number of nitrogens with zero attached hydrogens (tertiary/aromatic N) is 4. The molecule has 1 N–H and O–H groups in total. The number of rotatable bonds is 8. The largest absolute Gasteiger partial charge is 0.325 e. The Morgan fingerprint density at radius 1 is 1.03 bits per heavy atom. The minimum absolute atomic E-state index is 0.135. The number of anilines is 1. The lowest BCUT2D eigenvalue weighted by atomic mass is 10.2. The average Bonchev–Trinajstić information content (AvgIpc) is 3.27. The van der Waals surface area contributed by atoms with E-state index in [0.29, 0.717) is 30.5 Å². The maximum atomic E-state index is 12.9. The second-order valence-corrected chi connectivity index (χ2v) is 10.6. The highest BCUT2D eigenvalue weighted by molar-refractivity contribution is 7.99. The lowest BCUT2D eigenvalue weighted by molar-refractivity contribution is -0.113. The number of piperidine rings is 1. The molecule has 4 rings (SSSR count). The predicted octanol–water partition coefficient (Wildman–Crippen LogP) is 3.87. The van der Waals surface area contributed by atoms with Crippen molar-refractivity contribution in [3.05, 3.63) is 54.6 Å². The quantitative estimate of drug-likeness (QED) is 0.487. The van der Waals surface area contributed by atoms with Crippen LogP contribution >= 0.6 is 11.8 Å². The van der Waals surface area contributed by atoms with Gasteiger partial charge in [0.1, 0.15) is 0 Å². The number of aromatic nitrogens is 3. The molecule has 0 unspecified atom stereocenters. The maximum absolute atomic E-state index is 12.9. The zero-order valence-electron chi connectivity index (χ0n) is 18.5. The van der Waals surface area contributed by atoms with Gasteiger partial charge in [-0.05, 0) is 38.0 Å². The van der Waals surface area contributed by atoms with E-state index in [4.69, 9.17) is 0 Å². The van der Waals surface area contributed by atoms with E-state index >= 15 is 0 Å². The fourth-order valence-electron chi connectivity index (χ4n) is 3.80. The van der Waals surface area contributed by atoms with Crippen LogP contribution in [-0.2, 0) is 21.4 Å². The van der Waals surface area contributed by atoms with E-state index in [1.54, 1.807) is 18.2 Å². The van der Waals surface area contributed by atoms with Crippen molar-refractivity contribution in [2.24, 2.45) is 0 Å². The molecule has 1 aromatic heterocycles. The summed E-state index contributed by atoms with van der Waals surface area (Å²) >= 11 is 1.30. The Labute approximate surface area is 198 Å². The highest BCUT2D eigenvalue weighted by Gasteiger charge is 2.26. The smallest absolute Gasteiger partial charge is 0.243 e. The van der Waals surface area contributed by atoms with Crippen molar-refractivity contribution in [1.82, 2.24) is 19.1 Å². The van der Waals surface area contributed by atoms with E-state index in [-0.39, 0.29) is 16.6 Å². The van der Waals surface area contributed by atoms with Crippen molar-refractivity contribution in [2.75, 3.05) is 24.2 Å². The Morgan fingerprint density at radius 2 is 1.79 bits per heavy atom. The predicted molar refractivity (Wildman–Crippen MR) is 130 cm³/mol. The summed E-state index contributed by atoms with van der Waals surface area (Å²) in [5.74, 6) is 0.659. The average molecular weight is 486 g/mol. The van der Waals surface area contributed by atoms with Crippen LogP contribution in [0.4, 0.5) is 5.69 Å². The minimum atomic E-state index is -3.55. The van der Waals surface area contributed by atoms with E-state index in [0.717, 1.165) is 30.7 Å². The molecule has 0 saturated carbocycles.